The van der Waals surface area contributed by atoms with Crippen LogP contribution in [0.2, 0.25) is 0 Å². The van der Waals surface area contributed by atoms with Crippen molar-refractivity contribution in [2.24, 2.45) is 0 Å². The molecule has 0 spiro atoms. The van der Waals surface area contributed by atoms with E-state index in [1.165, 1.54) is 18.4 Å². The van der Waals surface area contributed by atoms with E-state index >= 15 is 0 Å². The van der Waals surface area contributed by atoms with Crippen molar-refractivity contribution in [1.82, 2.24) is 10.3 Å². The van der Waals surface area contributed by atoms with Gasteiger partial charge in [0.05, 0.1) is 5.69 Å². The quantitative estimate of drug-likeness (QED) is 0.865. The Bertz CT molecular complexity index is 542. The molecule has 1 aliphatic rings. The van der Waals surface area contributed by atoms with Crippen molar-refractivity contribution in [1.29, 1.82) is 0 Å². The highest BCUT2D eigenvalue weighted by atomic mass is 14.9. The summed E-state index contributed by atoms with van der Waals surface area (Å²) in [5.74, 6) is 1.27. The molecule has 0 aliphatic carbocycles. The number of anilines is 1. The van der Waals surface area contributed by atoms with Gasteiger partial charge in [-0.1, -0.05) is 30.3 Å². The van der Waals surface area contributed by atoms with Crippen LogP contribution in [0.1, 0.15) is 24.3 Å². The highest BCUT2D eigenvalue weighted by Crippen LogP contribution is 2.27. The van der Waals surface area contributed by atoms with Crippen LogP contribution in [0.25, 0.3) is 11.3 Å². The third kappa shape index (κ3) is 2.76. The van der Waals surface area contributed by atoms with Gasteiger partial charge in [-0.15, -0.1) is 0 Å². The molecule has 19 heavy (non-hydrogen) atoms. The number of piperidine rings is 1. The molecule has 3 N–H and O–H groups in total. The van der Waals surface area contributed by atoms with Gasteiger partial charge in [0.15, 0.2) is 0 Å². The van der Waals surface area contributed by atoms with E-state index in [-0.39, 0.29) is 0 Å². The molecule has 0 amide bonds. The minimum Gasteiger partial charge on any atom is -0.384 e. The summed E-state index contributed by atoms with van der Waals surface area (Å²) in [5.41, 5.74) is 9.23. The van der Waals surface area contributed by atoms with E-state index in [2.05, 4.69) is 34.6 Å². The fourth-order valence-corrected chi connectivity index (χ4v) is 2.69. The number of nitrogens with two attached hydrogens (primary N) is 1. The summed E-state index contributed by atoms with van der Waals surface area (Å²) in [6, 6.07) is 14.5. The van der Waals surface area contributed by atoms with Crippen LogP contribution < -0.4 is 11.1 Å². The van der Waals surface area contributed by atoms with Crippen molar-refractivity contribution in [3.8, 4) is 11.3 Å². The summed E-state index contributed by atoms with van der Waals surface area (Å²) in [7, 11) is 0. The highest BCUT2D eigenvalue weighted by Gasteiger charge is 2.14. The normalized spacial score (nSPS) is 16.4. The van der Waals surface area contributed by atoms with Crippen LogP contribution in [0, 0.1) is 0 Å². The molecule has 1 aromatic carbocycles. The van der Waals surface area contributed by atoms with E-state index in [9.17, 15) is 0 Å². The molecule has 0 saturated carbocycles. The van der Waals surface area contributed by atoms with Gasteiger partial charge < -0.3 is 11.1 Å². The molecule has 3 rings (SSSR count). The Morgan fingerprint density at radius 3 is 2.42 bits per heavy atom. The summed E-state index contributed by atoms with van der Waals surface area (Å²) in [6.45, 7) is 2.26. The average molecular weight is 253 g/mol. The largest absolute Gasteiger partial charge is 0.384 e. The highest BCUT2D eigenvalue weighted by molar-refractivity contribution is 5.61. The first-order chi connectivity index (χ1) is 9.33. The lowest BCUT2D eigenvalue weighted by Gasteiger charge is -2.23. The van der Waals surface area contributed by atoms with E-state index in [4.69, 9.17) is 5.73 Å². The van der Waals surface area contributed by atoms with Gasteiger partial charge >= 0.3 is 0 Å². The number of aromatic nitrogens is 1. The standard InChI is InChI=1S/C16H19N3/c17-16-3-1-2-15(19-16)14-6-4-12(5-7-14)13-8-10-18-11-9-13/h1-7,13,18H,8-11H2,(H2,17,19). The second-order valence-electron chi connectivity index (χ2n) is 5.09. The number of nitrogen functional groups attached to an aromatic ring is 1. The SMILES string of the molecule is Nc1cccc(-c2ccc(C3CCNCC3)cc2)n1. The minimum atomic E-state index is 0.569. The fraction of sp³-hybridized carbons (Fsp3) is 0.312. The Morgan fingerprint density at radius 2 is 1.74 bits per heavy atom. The second kappa shape index (κ2) is 5.41. The summed E-state index contributed by atoms with van der Waals surface area (Å²) in [5, 5.41) is 3.40. The topological polar surface area (TPSA) is 50.9 Å². The number of hydrogen-bond donors (Lipinski definition) is 2. The Kier molecular flexibility index (Phi) is 3.47. The molecular weight excluding hydrogens is 234 g/mol. The van der Waals surface area contributed by atoms with Gasteiger partial charge in [0, 0.05) is 5.56 Å². The van der Waals surface area contributed by atoms with Crippen LogP contribution in [0.15, 0.2) is 42.5 Å². The Labute approximate surface area is 113 Å². The van der Waals surface area contributed by atoms with Crippen molar-refractivity contribution < 1.29 is 0 Å². The van der Waals surface area contributed by atoms with Crippen molar-refractivity contribution in [2.75, 3.05) is 18.8 Å². The molecule has 3 heteroatoms. The molecule has 0 radical (unpaired) electrons. The summed E-state index contributed by atoms with van der Waals surface area (Å²) in [6.07, 6.45) is 2.46. The number of benzene rings is 1. The van der Waals surface area contributed by atoms with E-state index in [0.717, 1.165) is 24.3 Å². The minimum absolute atomic E-state index is 0.569. The van der Waals surface area contributed by atoms with Gasteiger partial charge in [-0.25, -0.2) is 4.98 Å². The Hall–Kier alpha value is -1.87. The zero-order chi connectivity index (χ0) is 13.1. The smallest absolute Gasteiger partial charge is 0.124 e. The number of hydrogen-bond acceptors (Lipinski definition) is 3. The number of nitrogens with zero attached hydrogens (tertiary/aromatic N) is 1. The molecule has 0 unspecified atom stereocenters. The molecule has 98 valence electrons. The van der Waals surface area contributed by atoms with Gasteiger partial charge in [-0.3, -0.25) is 0 Å². The average Bonchev–Trinajstić information content (AvgIpc) is 2.48. The molecule has 1 aliphatic heterocycles. The third-order valence-electron chi connectivity index (χ3n) is 3.79. The first-order valence-corrected chi connectivity index (χ1v) is 6.86. The first kappa shape index (κ1) is 12.2. The maximum atomic E-state index is 5.72. The van der Waals surface area contributed by atoms with E-state index in [0.29, 0.717) is 11.7 Å². The summed E-state index contributed by atoms with van der Waals surface area (Å²) < 4.78 is 0. The molecule has 0 bridgehead atoms. The van der Waals surface area contributed by atoms with Crippen LogP contribution >= 0.6 is 0 Å². The van der Waals surface area contributed by atoms with Crippen molar-refractivity contribution >= 4 is 5.82 Å². The molecule has 1 fully saturated rings. The van der Waals surface area contributed by atoms with Crippen molar-refractivity contribution in [2.45, 2.75) is 18.8 Å². The van der Waals surface area contributed by atoms with Gasteiger partial charge in [0.25, 0.3) is 0 Å². The van der Waals surface area contributed by atoms with E-state index < -0.39 is 0 Å². The molecule has 0 atom stereocenters. The van der Waals surface area contributed by atoms with Crippen LogP contribution in [0.4, 0.5) is 5.82 Å². The molecule has 1 aromatic heterocycles. The maximum absolute atomic E-state index is 5.72. The second-order valence-corrected chi connectivity index (χ2v) is 5.09. The molecule has 2 aromatic rings. The number of nitrogens with one attached hydrogen (secondary N) is 1. The van der Waals surface area contributed by atoms with Gasteiger partial charge in [-0.05, 0) is 49.5 Å². The van der Waals surface area contributed by atoms with Crippen molar-refractivity contribution in [3.05, 3.63) is 48.0 Å². The summed E-state index contributed by atoms with van der Waals surface area (Å²) >= 11 is 0. The molecule has 1 saturated heterocycles. The predicted octanol–water partition coefficient (Wildman–Crippen LogP) is 2.80. The summed E-state index contributed by atoms with van der Waals surface area (Å²) in [4.78, 5) is 4.35. The zero-order valence-electron chi connectivity index (χ0n) is 11.0. The van der Waals surface area contributed by atoms with Gasteiger partial charge in [0.1, 0.15) is 5.82 Å². The van der Waals surface area contributed by atoms with Crippen molar-refractivity contribution in [3.63, 3.8) is 0 Å². The predicted molar refractivity (Wildman–Crippen MR) is 78.9 cm³/mol. The third-order valence-corrected chi connectivity index (χ3v) is 3.79. The van der Waals surface area contributed by atoms with Crippen LogP contribution in [-0.4, -0.2) is 18.1 Å². The Balaban J connectivity index is 1.82. The monoisotopic (exact) mass is 253 g/mol. The molecule has 3 nitrogen and oxygen atoms in total. The zero-order valence-corrected chi connectivity index (χ0v) is 11.0. The van der Waals surface area contributed by atoms with Crippen LogP contribution in [-0.2, 0) is 0 Å². The number of pyridine rings is 1. The van der Waals surface area contributed by atoms with E-state index in [1.54, 1.807) is 0 Å². The Morgan fingerprint density at radius 1 is 1.00 bits per heavy atom. The first-order valence-electron chi connectivity index (χ1n) is 6.86. The lowest BCUT2D eigenvalue weighted by molar-refractivity contribution is 0.460. The lowest BCUT2D eigenvalue weighted by atomic mass is 9.89. The van der Waals surface area contributed by atoms with Crippen LogP contribution in [0.5, 0.6) is 0 Å². The van der Waals surface area contributed by atoms with E-state index in [1.807, 2.05) is 18.2 Å². The lowest BCUT2D eigenvalue weighted by Crippen LogP contribution is -2.26. The van der Waals surface area contributed by atoms with Crippen LogP contribution in [0.3, 0.4) is 0 Å². The maximum Gasteiger partial charge on any atom is 0.124 e. The number of rotatable bonds is 2. The van der Waals surface area contributed by atoms with Gasteiger partial charge in [-0.2, -0.15) is 0 Å². The molecular formula is C16H19N3. The van der Waals surface area contributed by atoms with Gasteiger partial charge in [0.2, 0.25) is 0 Å². The molecule has 2 heterocycles. The fourth-order valence-electron chi connectivity index (χ4n) is 2.69.